The Morgan fingerprint density at radius 2 is 1.85 bits per heavy atom. The molecule has 0 radical (unpaired) electrons. The molecular formula is C22H18ClF3N10O2S. The van der Waals surface area contributed by atoms with Crippen LogP contribution in [0.25, 0.3) is 0 Å². The zero-order valence-electron chi connectivity index (χ0n) is 19.7. The second-order valence-corrected chi connectivity index (χ2v) is 8.54. The summed E-state index contributed by atoms with van der Waals surface area (Å²) in [5.74, 6) is 1.58. The highest BCUT2D eigenvalue weighted by molar-refractivity contribution is 7.82. The molecule has 0 saturated heterocycles. The van der Waals surface area contributed by atoms with E-state index in [2.05, 4.69) is 59.2 Å². The highest BCUT2D eigenvalue weighted by Gasteiger charge is 2.33. The van der Waals surface area contributed by atoms with Crippen LogP contribution < -0.4 is 25.6 Å². The van der Waals surface area contributed by atoms with E-state index in [1.54, 1.807) is 25.1 Å². The minimum Gasteiger partial charge on any atom is -0.325 e. The van der Waals surface area contributed by atoms with Crippen molar-refractivity contribution in [1.29, 1.82) is 0 Å². The number of halogens is 4. The van der Waals surface area contributed by atoms with Crippen LogP contribution in [0, 0.1) is 6.92 Å². The van der Waals surface area contributed by atoms with Crippen LogP contribution in [0.5, 0.6) is 0 Å². The molecule has 0 aliphatic rings. The van der Waals surface area contributed by atoms with Crippen molar-refractivity contribution >= 4 is 77.5 Å². The second kappa shape index (κ2) is 11.4. The van der Waals surface area contributed by atoms with Crippen molar-refractivity contribution in [2.24, 2.45) is 0 Å². The van der Waals surface area contributed by atoms with E-state index in [4.69, 9.17) is 11.6 Å². The summed E-state index contributed by atoms with van der Waals surface area (Å²) >= 11 is 9.71. The molecule has 4 rings (SSSR count). The van der Waals surface area contributed by atoms with Gasteiger partial charge >= 0.3 is 12.2 Å². The molecule has 0 aliphatic heterocycles. The molecule has 0 bridgehead atoms. The maximum absolute atomic E-state index is 13.1. The van der Waals surface area contributed by atoms with E-state index in [9.17, 15) is 22.8 Å². The highest BCUT2D eigenvalue weighted by Crippen LogP contribution is 2.36. The summed E-state index contributed by atoms with van der Waals surface area (Å²) in [6, 6.07) is 8.44. The van der Waals surface area contributed by atoms with Gasteiger partial charge in [-0.25, -0.2) is 19.1 Å². The number of hydrogen-bond donors (Lipinski definition) is 6. The van der Waals surface area contributed by atoms with E-state index in [0.29, 0.717) is 35.2 Å². The zero-order chi connectivity index (χ0) is 28.2. The molecule has 4 aromatic rings. The molecule has 3 heterocycles. The average Bonchev–Trinajstić information content (AvgIpc) is 3.31. The molecule has 3 aromatic heterocycles. The molecule has 39 heavy (non-hydrogen) atoms. The van der Waals surface area contributed by atoms with E-state index < -0.39 is 22.8 Å². The number of nitrogens with zero attached hydrogens (tertiary/aromatic N) is 5. The number of urea groups is 1. The fourth-order valence-electron chi connectivity index (χ4n) is 3.16. The predicted octanol–water partition coefficient (Wildman–Crippen LogP) is 5.51. The van der Waals surface area contributed by atoms with Gasteiger partial charge in [0.15, 0.2) is 5.82 Å². The minimum atomic E-state index is -4.68. The van der Waals surface area contributed by atoms with Gasteiger partial charge in [0.05, 0.1) is 22.5 Å². The fraction of sp³-hybridized carbons (Fsp3) is 0.0909. The number of amides is 3. The summed E-state index contributed by atoms with van der Waals surface area (Å²) in [4.78, 5) is 35.9. The van der Waals surface area contributed by atoms with Crippen LogP contribution >= 0.6 is 24.4 Å². The number of alkyl halides is 3. The Balaban J connectivity index is 1.41. The highest BCUT2D eigenvalue weighted by atomic mass is 35.5. The Labute approximate surface area is 228 Å². The van der Waals surface area contributed by atoms with Crippen LogP contribution in [-0.4, -0.2) is 37.6 Å². The minimum absolute atomic E-state index is 0.0953. The van der Waals surface area contributed by atoms with Gasteiger partial charge in [-0.1, -0.05) is 24.4 Å². The molecule has 17 heteroatoms. The van der Waals surface area contributed by atoms with Crippen molar-refractivity contribution in [2.75, 3.05) is 25.6 Å². The third kappa shape index (κ3) is 7.05. The quantitative estimate of drug-likeness (QED) is 0.118. The number of anilines is 7. The van der Waals surface area contributed by atoms with E-state index in [0.717, 1.165) is 16.4 Å². The summed E-state index contributed by atoms with van der Waals surface area (Å²) in [7, 11) is 0. The number of thiol groups is 1. The van der Waals surface area contributed by atoms with Gasteiger partial charge in [0.25, 0.3) is 0 Å². The summed E-state index contributed by atoms with van der Waals surface area (Å²) in [5.41, 5.74) is -0.0907. The molecule has 0 spiro atoms. The summed E-state index contributed by atoms with van der Waals surface area (Å²) < 4.78 is 40.1. The smallest absolute Gasteiger partial charge is 0.325 e. The lowest BCUT2D eigenvalue weighted by Crippen LogP contribution is -2.27. The van der Waals surface area contributed by atoms with Gasteiger partial charge in [0.2, 0.25) is 12.4 Å². The van der Waals surface area contributed by atoms with Crippen LogP contribution in [0.15, 0.2) is 48.7 Å². The number of aromatic amines is 1. The molecule has 0 aliphatic carbocycles. The van der Waals surface area contributed by atoms with Crippen molar-refractivity contribution < 1.29 is 22.8 Å². The van der Waals surface area contributed by atoms with E-state index >= 15 is 0 Å². The van der Waals surface area contributed by atoms with Gasteiger partial charge in [-0.05, 0) is 37.3 Å². The molecule has 202 valence electrons. The third-order valence-electron chi connectivity index (χ3n) is 4.84. The maximum Gasteiger partial charge on any atom is 0.417 e. The summed E-state index contributed by atoms with van der Waals surface area (Å²) in [5, 5.41) is 16.8. The maximum atomic E-state index is 13.1. The monoisotopic (exact) mass is 578 g/mol. The van der Waals surface area contributed by atoms with E-state index in [1.807, 2.05) is 0 Å². The van der Waals surface area contributed by atoms with Gasteiger partial charge in [-0.15, -0.1) is 0 Å². The van der Waals surface area contributed by atoms with Crippen molar-refractivity contribution in [3.8, 4) is 0 Å². The zero-order valence-corrected chi connectivity index (χ0v) is 21.4. The van der Waals surface area contributed by atoms with Gasteiger partial charge in [0, 0.05) is 23.5 Å². The van der Waals surface area contributed by atoms with Crippen molar-refractivity contribution in [1.82, 2.24) is 25.1 Å². The Morgan fingerprint density at radius 1 is 1.08 bits per heavy atom. The van der Waals surface area contributed by atoms with Gasteiger partial charge < -0.3 is 21.3 Å². The molecule has 0 fully saturated rings. The summed E-state index contributed by atoms with van der Waals surface area (Å²) in [6.45, 7) is 1.77. The van der Waals surface area contributed by atoms with Crippen LogP contribution in [0.2, 0.25) is 5.02 Å². The first kappa shape index (κ1) is 27.5. The van der Waals surface area contributed by atoms with Crippen LogP contribution in [0.1, 0.15) is 11.3 Å². The lowest BCUT2D eigenvalue weighted by molar-refractivity contribution is -0.137. The Kier molecular flexibility index (Phi) is 8.06. The predicted molar refractivity (Wildman–Crippen MR) is 143 cm³/mol. The topological polar surface area (TPSA) is 153 Å². The number of pyridine rings is 1. The number of aromatic nitrogens is 5. The fourth-order valence-corrected chi connectivity index (χ4v) is 3.55. The Bertz CT molecular complexity index is 1500. The van der Waals surface area contributed by atoms with E-state index in [1.165, 1.54) is 18.3 Å². The Morgan fingerprint density at radius 3 is 2.54 bits per heavy atom. The van der Waals surface area contributed by atoms with Crippen LogP contribution in [0.3, 0.4) is 0 Å². The number of H-pyrrole nitrogens is 1. The average molecular weight is 579 g/mol. The van der Waals surface area contributed by atoms with Gasteiger partial charge in [-0.3, -0.25) is 9.89 Å². The standard InChI is InChI=1S/C22H18ClF3N10O2S/c1-11-6-17(32-18-8-16(28-10-37)34-35-18)33-20(29-11)30-13-3-5-19(27-9-13)36(39)21(38)31-12-2-4-15(23)14(7-12)22(24,25)26/h2-10,39H,1H3,(H,31,38)(H4,28,29,30,32,33,34,35,37). The summed E-state index contributed by atoms with van der Waals surface area (Å²) in [6.07, 6.45) is -2.79. The number of aryl methyl sites for hydroxylation is 1. The number of carbonyl (C=O) groups is 2. The SMILES string of the molecule is Cc1cc(Nc2cc(NC=O)n[nH]2)nc(Nc2ccc(N(S)C(=O)Nc3ccc(Cl)c(C(F)(F)F)c3)nc2)n1. The first-order valence-electron chi connectivity index (χ1n) is 10.8. The molecule has 5 N–H and O–H groups in total. The normalized spacial score (nSPS) is 11.0. The molecule has 3 amide bonds. The lowest BCUT2D eigenvalue weighted by Gasteiger charge is -2.17. The number of nitrogens with one attached hydrogen (secondary N) is 5. The van der Waals surface area contributed by atoms with Crippen LogP contribution in [-0.2, 0) is 11.0 Å². The van der Waals surface area contributed by atoms with Crippen molar-refractivity contribution in [3.05, 3.63) is 64.9 Å². The molecule has 0 atom stereocenters. The second-order valence-electron chi connectivity index (χ2n) is 7.74. The first-order chi connectivity index (χ1) is 18.5. The number of benzene rings is 1. The van der Waals surface area contributed by atoms with E-state index in [-0.39, 0.29) is 17.5 Å². The van der Waals surface area contributed by atoms with Gasteiger partial charge in [-0.2, -0.15) is 23.3 Å². The largest absolute Gasteiger partial charge is 0.417 e. The number of rotatable bonds is 8. The lowest BCUT2D eigenvalue weighted by atomic mass is 10.2. The Hall–Kier alpha value is -4.57. The van der Waals surface area contributed by atoms with Crippen molar-refractivity contribution in [3.63, 3.8) is 0 Å². The number of carbonyl (C=O) groups excluding carboxylic acids is 2. The molecule has 12 nitrogen and oxygen atoms in total. The van der Waals surface area contributed by atoms with Crippen molar-refractivity contribution in [2.45, 2.75) is 13.1 Å². The van der Waals surface area contributed by atoms with Gasteiger partial charge in [0.1, 0.15) is 17.5 Å². The molecule has 1 aromatic carbocycles. The third-order valence-corrected chi connectivity index (χ3v) is 5.55. The van der Waals surface area contributed by atoms with Crippen LogP contribution in [0.4, 0.5) is 58.6 Å². The first-order valence-corrected chi connectivity index (χ1v) is 11.6. The molecule has 0 unspecified atom stereocenters. The number of hydrogen-bond acceptors (Lipinski definition) is 9. The molecular weight excluding hydrogens is 561 g/mol. The molecule has 0 saturated carbocycles.